The molecule has 2 aromatic carbocycles. The van der Waals surface area contributed by atoms with E-state index in [1.165, 1.54) is 0 Å². The van der Waals surface area contributed by atoms with Crippen molar-refractivity contribution in [3.05, 3.63) is 57.6 Å². The predicted molar refractivity (Wildman–Crippen MR) is 86.4 cm³/mol. The van der Waals surface area contributed by atoms with Gasteiger partial charge in [0, 0.05) is 22.3 Å². The van der Waals surface area contributed by atoms with Crippen molar-refractivity contribution < 1.29 is 4.74 Å². The van der Waals surface area contributed by atoms with Gasteiger partial charge in [0.25, 0.3) is 0 Å². The molecule has 0 radical (unpaired) electrons. The van der Waals surface area contributed by atoms with Gasteiger partial charge in [0.2, 0.25) is 0 Å². The Bertz CT molecular complexity index is 559. The van der Waals surface area contributed by atoms with E-state index in [4.69, 9.17) is 27.9 Å². The van der Waals surface area contributed by atoms with Gasteiger partial charge in [-0.25, -0.2) is 0 Å². The maximum absolute atomic E-state index is 6.00. The number of halogens is 2. The molecule has 0 unspecified atom stereocenters. The molecule has 0 spiro atoms. The van der Waals surface area contributed by atoms with E-state index >= 15 is 0 Å². The molecule has 20 heavy (non-hydrogen) atoms. The zero-order valence-corrected chi connectivity index (χ0v) is 13.1. The molecule has 0 saturated carbocycles. The minimum Gasteiger partial charge on any atom is -0.491 e. The van der Waals surface area contributed by atoms with Crippen LogP contribution in [0.25, 0.3) is 0 Å². The molecule has 0 atom stereocenters. The number of benzene rings is 2. The molecule has 0 aliphatic heterocycles. The molecule has 0 heterocycles. The van der Waals surface area contributed by atoms with Crippen molar-refractivity contribution in [3.63, 3.8) is 0 Å². The van der Waals surface area contributed by atoms with Gasteiger partial charge in [-0.05, 0) is 61.4 Å². The van der Waals surface area contributed by atoms with Crippen molar-refractivity contribution >= 4 is 28.9 Å². The van der Waals surface area contributed by atoms with Crippen LogP contribution in [0.4, 0.5) is 5.69 Å². The Labute approximate surface area is 129 Å². The lowest BCUT2D eigenvalue weighted by Crippen LogP contribution is -2.12. The summed E-state index contributed by atoms with van der Waals surface area (Å²) in [4.78, 5) is 0. The van der Waals surface area contributed by atoms with E-state index in [9.17, 15) is 0 Å². The molecule has 2 nitrogen and oxygen atoms in total. The van der Waals surface area contributed by atoms with Crippen LogP contribution in [0.1, 0.15) is 11.1 Å². The summed E-state index contributed by atoms with van der Waals surface area (Å²) >= 11 is 11.8. The summed E-state index contributed by atoms with van der Waals surface area (Å²) in [6, 6.07) is 11.4. The number of ether oxygens (including phenoxy) is 1. The topological polar surface area (TPSA) is 21.3 Å². The van der Waals surface area contributed by atoms with Crippen LogP contribution in [0.2, 0.25) is 10.0 Å². The molecule has 2 rings (SSSR count). The summed E-state index contributed by atoms with van der Waals surface area (Å²) in [6.45, 7) is 5.32. The van der Waals surface area contributed by atoms with E-state index in [1.807, 2.05) is 50.2 Å². The smallest absolute Gasteiger partial charge is 0.125 e. The molecule has 1 N–H and O–H groups in total. The van der Waals surface area contributed by atoms with Crippen LogP contribution in [0.15, 0.2) is 36.4 Å². The normalized spacial score (nSPS) is 10.4. The Morgan fingerprint density at radius 1 is 0.950 bits per heavy atom. The van der Waals surface area contributed by atoms with Crippen molar-refractivity contribution in [1.29, 1.82) is 0 Å². The van der Waals surface area contributed by atoms with Crippen LogP contribution in [0.5, 0.6) is 5.75 Å². The predicted octanol–water partition coefficient (Wildman–Crippen LogP) is 5.10. The molecule has 0 bridgehead atoms. The van der Waals surface area contributed by atoms with E-state index in [2.05, 4.69) is 5.32 Å². The zero-order chi connectivity index (χ0) is 14.5. The van der Waals surface area contributed by atoms with Crippen molar-refractivity contribution in [2.75, 3.05) is 18.5 Å². The summed E-state index contributed by atoms with van der Waals surface area (Å²) in [7, 11) is 0. The van der Waals surface area contributed by atoms with E-state index in [0.717, 1.165) is 39.2 Å². The van der Waals surface area contributed by atoms with Crippen LogP contribution in [0, 0.1) is 13.8 Å². The third kappa shape index (κ3) is 4.06. The highest BCUT2D eigenvalue weighted by Crippen LogP contribution is 2.26. The molecular weight excluding hydrogens is 293 g/mol. The van der Waals surface area contributed by atoms with E-state index in [-0.39, 0.29) is 0 Å². The first kappa shape index (κ1) is 15.0. The molecule has 106 valence electrons. The van der Waals surface area contributed by atoms with Crippen LogP contribution in [-0.2, 0) is 0 Å². The largest absolute Gasteiger partial charge is 0.491 e. The van der Waals surface area contributed by atoms with Gasteiger partial charge in [-0.1, -0.05) is 23.2 Å². The van der Waals surface area contributed by atoms with Crippen LogP contribution < -0.4 is 10.1 Å². The Hall–Kier alpha value is -1.38. The van der Waals surface area contributed by atoms with Crippen molar-refractivity contribution in [2.24, 2.45) is 0 Å². The molecule has 0 aliphatic carbocycles. The summed E-state index contributed by atoms with van der Waals surface area (Å²) in [5.41, 5.74) is 3.14. The summed E-state index contributed by atoms with van der Waals surface area (Å²) in [5, 5.41) is 4.76. The van der Waals surface area contributed by atoms with Gasteiger partial charge in [0.1, 0.15) is 12.4 Å². The fraction of sp³-hybridized carbons (Fsp3) is 0.250. The Morgan fingerprint density at radius 3 is 2.15 bits per heavy atom. The lowest BCUT2D eigenvalue weighted by molar-refractivity contribution is 0.328. The minimum absolute atomic E-state index is 0.589. The van der Waals surface area contributed by atoms with Gasteiger partial charge in [-0.3, -0.25) is 0 Å². The quantitative estimate of drug-likeness (QED) is 0.776. The molecule has 0 fully saturated rings. The van der Waals surface area contributed by atoms with E-state index in [1.54, 1.807) is 0 Å². The average Bonchev–Trinajstić information content (AvgIpc) is 2.39. The summed E-state index contributed by atoms with van der Waals surface area (Å²) in [6.07, 6.45) is 0. The van der Waals surface area contributed by atoms with Gasteiger partial charge in [-0.15, -0.1) is 0 Å². The molecular formula is C16H17Cl2NO. The maximum atomic E-state index is 6.00. The molecule has 0 aromatic heterocycles. The number of nitrogens with one attached hydrogen (secondary N) is 1. The van der Waals surface area contributed by atoms with Crippen LogP contribution >= 0.6 is 23.2 Å². The Kier molecular flexibility index (Phi) is 5.16. The lowest BCUT2D eigenvalue weighted by atomic mass is 10.1. The van der Waals surface area contributed by atoms with Crippen molar-refractivity contribution in [1.82, 2.24) is 0 Å². The monoisotopic (exact) mass is 309 g/mol. The number of hydrogen-bond donors (Lipinski definition) is 1. The first-order valence-corrected chi connectivity index (χ1v) is 7.21. The Balaban J connectivity index is 1.86. The van der Waals surface area contributed by atoms with Crippen molar-refractivity contribution in [3.8, 4) is 5.75 Å². The first-order chi connectivity index (χ1) is 9.56. The third-order valence-corrected chi connectivity index (χ3v) is 3.42. The third-order valence-electron chi connectivity index (χ3n) is 2.95. The highest BCUT2D eigenvalue weighted by Gasteiger charge is 2.05. The molecule has 0 saturated heterocycles. The zero-order valence-electron chi connectivity index (χ0n) is 11.5. The van der Waals surface area contributed by atoms with Gasteiger partial charge in [0.15, 0.2) is 0 Å². The average molecular weight is 310 g/mol. The number of hydrogen-bond acceptors (Lipinski definition) is 2. The standard InChI is InChI=1S/C16H17Cl2NO/c1-11-9-14(18)10-12(2)16(11)20-8-7-19-15-5-3-13(17)4-6-15/h3-6,9-10,19H,7-8H2,1-2H3. The molecule has 0 amide bonds. The fourth-order valence-electron chi connectivity index (χ4n) is 2.04. The van der Waals surface area contributed by atoms with Crippen molar-refractivity contribution in [2.45, 2.75) is 13.8 Å². The van der Waals surface area contributed by atoms with E-state index in [0.29, 0.717) is 6.61 Å². The second-order valence-electron chi connectivity index (χ2n) is 4.65. The number of rotatable bonds is 5. The van der Waals surface area contributed by atoms with Gasteiger partial charge < -0.3 is 10.1 Å². The van der Waals surface area contributed by atoms with Gasteiger partial charge in [-0.2, -0.15) is 0 Å². The second kappa shape index (κ2) is 6.87. The number of anilines is 1. The Morgan fingerprint density at radius 2 is 1.55 bits per heavy atom. The second-order valence-corrected chi connectivity index (χ2v) is 5.52. The molecule has 4 heteroatoms. The number of aryl methyl sites for hydroxylation is 2. The summed E-state index contributed by atoms with van der Waals surface area (Å²) < 4.78 is 5.82. The van der Waals surface area contributed by atoms with Gasteiger partial charge >= 0.3 is 0 Å². The van der Waals surface area contributed by atoms with Crippen LogP contribution in [-0.4, -0.2) is 13.2 Å². The minimum atomic E-state index is 0.589. The highest BCUT2D eigenvalue weighted by molar-refractivity contribution is 6.31. The fourth-order valence-corrected chi connectivity index (χ4v) is 2.49. The molecule has 0 aliphatic rings. The summed E-state index contributed by atoms with van der Waals surface area (Å²) in [5.74, 6) is 0.910. The molecule has 2 aromatic rings. The SMILES string of the molecule is Cc1cc(Cl)cc(C)c1OCCNc1ccc(Cl)cc1. The van der Waals surface area contributed by atoms with Gasteiger partial charge in [0.05, 0.1) is 0 Å². The van der Waals surface area contributed by atoms with Crippen LogP contribution in [0.3, 0.4) is 0 Å². The maximum Gasteiger partial charge on any atom is 0.125 e. The van der Waals surface area contributed by atoms with E-state index < -0.39 is 0 Å². The highest BCUT2D eigenvalue weighted by atomic mass is 35.5. The lowest BCUT2D eigenvalue weighted by Gasteiger charge is -2.13. The first-order valence-electron chi connectivity index (χ1n) is 6.45.